The molecule has 2 rings (SSSR count). The van der Waals surface area contributed by atoms with Gasteiger partial charge in [0.15, 0.2) is 0 Å². The molecule has 0 unspecified atom stereocenters. The Morgan fingerprint density at radius 2 is 2.06 bits per heavy atom. The maximum atomic E-state index is 11.7. The first kappa shape index (κ1) is 11.7. The van der Waals surface area contributed by atoms with Crippen LogP contribution in [0.1, 0.15) is 12.0 Å². The monoisotopic (exact) mass is 233 g/mol. The summed E-state index contributed by atoms with van der Waals surface area (Å²) in [5, 5.41) is 12.5. The van der Waals surface area contributed by atoms with Gasteiger partial charge < -0.3 is 15.2 Å². The molecule has 0 fully saturated rings. The number of benzene rings is 1. The zero-order chi connectivity index (χ0) is 12.3. The van der Waals surface area contributed by atoms with Crippen LogP contribution in [0.3, 0.4) is 0 Å². The SMILES string of the molecule is COC(=O)C1=C(c2ccc(O)cc2)CNCC1. The number of hydrogen-bond acceptors (Lipinski definition) is 4. The third-order valence-corrected chi connectivity index (χ3v) is 2.87. The van der Waals surface area contributed by atoms with E-state index in [4.69, 9.17) is 4.74 Å². The zero-order valence-electron chi connectivity index (χ0n) is 9.69. The van der Waals surface area contributed by atoms with Crippen molar-refractivity contribution >= 4 is 11.5 Å². The molecule has 1 aromatic rings. The molecule has 1 heterocycles. The highest BCUT2D eigenvalue weighted by atomic mass is 16.5. The molecule has 17 heavy (non-hydrogen) atoms. The summed E-state index contributed by atoms with van der Waals surface area (Å²) in [6.45, 7) is 1.43. The van der Waals surface area contributed by atoms with Crippen molar-refractivity contribution in [3.63, 3.8) is 0 Å². The predicted octanol–water partition coefficient (Wildman–Crippen LogP) is 1.31. The van der Waals surface area contributed by atoms with Crippen molar-refractivity contribution in [1.82, 2.24) is 5.32 Å². The van der Waals surface area contributed by atoms with Gasteiger partial charge in [-0.25, -0.2) is 4.79 Å². The van der Waals surface area contributed by atoms with Gasteiger partial charge in [0, 0.05) is 12.1 Å². The van der Waals surface area contributed by atoms with Crippen molar-refractivity contribution in [2.75, 3.05) is 20.2 Å². The topological polar surface area (TPSA) is 58.6 Å². The number of hydrogen-bond donors (Lipinski definition) is 2. The Morgan fingerprint density at radius 1 is 1.35 bits per heavy atom. The van der Waals surface area contributed by atoms with Gasteiger partial charge in [-0.2, -0.15) is 0 Å². The van der Waals surface area contributed by atoms with Crippen molar-refractivity contribution < 1.29 is 14.6 Å². The molecular weight excluding hydrogens is 218 g/mol. The number of carbonyl (C=O) groups excluding carboxylic acids is 1. The van der Waals surface area contributed by atoms with Crippen LogP contribution in [0.5, 0.6) is 5.75 Å². The molecule has 90 valence electrons. The second kappa shape index (κ2) is 5.01. The summed E-state index contributed by atoms with van der Waals surface area (Å²) in [5.41, 5.74) is 2.61. The van der Waals surface area contributed by atoms with Gasteiger partial charge in [0.25, 0.3) is 0 Å². The molecule has 0 saturated heterocycles. The van der Waals surface area contributed by atoms with E-state index in [1.54, 1.807) is 24.3 Å². The lowest BCUT2D eigenvalue weighted by Gasteiger charge is -2.20. The van der Waals surface area contributed by atoms with E-state index >= 15 is 0 Å². The van der Waals surface area contributed by atoms with Crippen molar-refractivity contribution in [1.29, 1.82) is 0 Å². The van der Waals surface area contributed by atoms with Crippen molar-refractivity contribution in [3.8, 4) is 5.75 Å². The van der Waals surface area contributed by atoms with Gasteiger partial charge in [0.05, 0.1) is 7.11 Å². The highest BCUT2D eigenvalue weighted by Gasteiger charge is 2.20. The predicted molar refractivity (Wildman–Crippen MR) is 64.5 cm³/mol. The van der Waals surface area contributed by atoms with Gasteiger partial charge >= 0.3 is 5.97 Å². The number of rotatable bonds is 2. The number of esters is 1. The minimum atomic E-state index is -0.269. The van der Waals surface area contributed by atoms with Crippen LogP contribution in [-0.4, -0.2) is 31.3 Å². The van der Waals surface area contributed by atoms with E-state index in [0.717, 1.165) is 23.3 Å². The van der Waals surface area contributed by atoms with Gasteiger partial charge in [-0.1, -0.05) is 12.1 Å². The molecule has 4 nitrogen and oxygen atoms in total. The van der Waals surface area contributed by atoms with E-state index in [-0.39, 0.29) is 11.7 Å². The van der Waals surface area contributed by atoms with Crippen LogP contribution in [-0.2, 0) is 9.53 Å². The molecule has 1 aromatic carbocycles. The molecule has 0 amide bonds. The lowest BCUT2D eigenvalue weighted by Crippen LogP contribution is -2.27. The van der Waals surface area contributed by atoms with Crippen LogP contribution in [0.25, 0.3) is 5.57 Å². The number of phenols is 1. The fourth-order valence-corrected chi connectivity index (χ4v) is 1.97. The van der Waals surface area contributed by atoms with Crippen molar-refractivity contribution in [2.45, 2.75) is 6.42 Å². The largest absolute Gasteiger partial charge is 0.508 e. The Hall–Kier alpha value is -1.81. The molecule has 2 N–H and O–H groups in total. The van der Waals surface area contributed by atoms with E-state index in [2.05, 4.69) is 5.32 Å². The molecular formula is C13H15NO3. The lowest BCUT2D eigenvalue weighted by molar-refractivity contribution is -0.136. The first-order valence-electron chi connectivity index (χ1n) is 5.53. The van der Waals surface area contributed by atoms with E-state index in [9.17, 15) is 9.90 Å². The first-order valence-corrected chi connectivity index (χ1v) is 5.53. The fourth-order valence-electron chi connectivity index (χ4n) is 1.97. The highest BCUT2D eigenvalue weighted by molar-refractivity contribution is 5.98. The molecule has 0 atom stereocenters. The number of nitrogens with one attached hydrogen (secondary N) is 1. The molecule has 1 aliphatic rings. The first-order chi connectivity index (χ1) is 8.22. The Balaban J connectivity index is 2.41. The number of methoxy groups -OCH3 is 1. The second-order valence-corrected chi connectivity index (χ2v) is 3.92. The minimum Gasteiger partial charge on any atom is -0.508 e. The summed E-state index contributed by atoms with van der Waals surface area (Å²) in [6, 6.07) is 6.85. The molecule has 0 aliphatic carbocycles. The number of phenolic OH excluding ortho intramolecular Hbond substituents is 1. The van der Waals surface area contributed by atoms with Crippen LogP contribution in [0.4, 0.5) is 0 Å². The van der Waals surface area contributed by atoms with Crippen LogP contribution in [0, 0.1) is 0 Å². The van der Waals surface area contributed by atoms with Gasteiger partial charge in [0.2, 0.25) is 0 Å². The molecule has 1 aliphatic heterocycles. The van der Waals surface area contributed by atoms with Crippen molar-refractivity contribution in [2.24, 2.45) is 0 Å². The van der Waals surface area contributed by atoms with Crippen LogP contribution in [0.2, 0.25) is 0 Å². The highest BCUT2D eigenvalue weighted by Crippen LogP contribution is 2.25. The molecule has 0 saturated carbocycles. The lowest BCUT2D eigenvalue weighted by atomic mass is 9.95. The quantitative estimate of drug-likeness (QED) is 0.756. The summed E-state index contributed by atoms with van der Waals surface area (Å²) in [6.07, 6.45) is 0.670. The second-order valence-electron chi connectivity index (χ2n) is 3.92. The van der Waals surface area contributed by atoms with Gasteiger partial charge in [-0.3, -0.25) is 0 Å². The third-order valence-electron chi connectivity index (χ3n) is 2.87. The number of ether oxygens (including phenoxy) is 1. The average Bonchev–Trinajstić information content (AvgIpc) is 2.39. The van der Waals surface area contributed by atoms with Crippen LogP contribution in [0.15, 0.2) is 29.8 Å². The molecule has 0 spiro atoms. The average molecular weight is 233 g/mol. The maximum absolute atomic E-state index is 11.7. The van der Waals surface area contributed by atoms with E-state index < -0.39 is 0 Å². The van der Waals surface area contributed by atoms with Crippen LogP contribution < -0.4 is 5.32 Å². The number of carbonyl (C=O) groups is 1. The summed E-state index contributed by atoms with van der Waals surface area (Å²) < 4.78 is 4.79. The third kappa shape index (κ3) is 2.47. The minimum absolute atomic E-state index is 0.220. The van der Waals surface area contributed by atoms with Gasteiger partial charge in [-0.05, 0) is 36.2 Å². The van der Waals surface area contributed by atoms with E-state index in [1.807, 2.05) is 0 Å². The summed E-state index contributed by atoms with van der Waals surface area (Å²) in [5.74, 6) is -0.0488. The van der Waals surface area contributed by atoms with Gasteiger partial charge in [0.1, 0.15) is 5.75 Å². The number of aromatic hydroxyl groups is 1. The van der Waals surface area contributed by atoms with Gasteiger partial charge in [-0.15, -0.1) is 0 Å². The van der Waals surface area contributed by atoms with Crippen molar-refractivity contribution in [3.05, 3.63) is 35.4 Å². The molecule has 4 heteroatoms. The smallest absolute Gasteiger partial charge is 0.334 e. The summed E-state index contributed by atoms with van der Waals surface area (Å²) in [7, 11) is 1.39. The normalized spacial score (nSPS) is 15.8. The standard InChI is InChI=1S/C13H15NO3/c1-17-13(16)11-6-7-14-8-12(11)9-2-4-10(15)5-3-9/h2-5,14-15H,6-8H2,1H3. The van der Waals surface area contributed by atoms with E-state index in [0.29, 0.717) is 13.0 Å². The Morgan fingerprint density at radius 3 is 2.71 bits per heavy atom. The maximum Gasteiger partial charge on any atom is 0.334 e. The molecule has 0 bridgehead atoms. The molecule has 0 aromatic heterocycles. The van der Waals surface area contributed by atoms with E-state index in [1.165, 1.54) is 7.11 Å². The fraction of sp³-hybridized carbons (Fsp3) is 0.308. The summed E-state index contributed by atoms with van der Waals surface area (Å²) in [4.78, 5) is 11.7. The Bertz CT molecular complexity index is 448. The Kier molecular flexibility index (Phi) is 3.44. The van der Waals surface area contributed by atoms with Crippen LogP contribution >= 0.6 is 0 Å². The zero-order valence-corrected chi connectivity index (χ0v) is 9.69. The summed E-state index contributed by atoms with van der Waals surface area (Å²) >= 11 is 0. The molecule has 0 radical (unpaired) electrons. The Labute approximate surface area is 99.9 Å².